The molecule has 0 bridgehead atoms. The highest BCUT2D eigenvalue weighted by molar-refractivity contribution is 5.56. The van der Waals surface area contributed by atoms with Crippen LogP contribution in [0.15, 0.2) is 18.2 Å². The van der Waals surface area contributed by atoms with E-state index in [1.54, 1.807) is 0 Å². The standard InChI is InChI=1S/C17H26N2O/c1-13-11-16(20-15-6-2-3-7-15)8-9-17(13)19-10-4-5-14(18)12-19/h8-9,11,14-15H,2-7,10,12,18H2,1H3. The molecule has 0 aromatic heterocycles. The SMILES string of the molecule is Cc1cc(OC2CCCC2)ccc1N1CCCC(N)C1. The summed E-state index contributed by atoms with van der Waals surface area (Å²) in [4.78, 5) is 2.42. The number of piperidine rings is 1. The summed E-state index contributed by atoms with van der Waals surface area (Å²) in [5.41, 5.74) is 8.70. The first-order valence-corrected chi connectivity index (χ1v) is 8.00. The van der Waals surface area contributed by atoms with Gasteiger partial charge in [0.25, 0.3) is 0 Å². The Morgan fingerprint density at radius 3 is 2.65 bits per heavy atom. The van der Waals surface area contributed by atoms with E-state index in [4.69, 9.17) is 10.5 Å². The molecule has 3 nitrogen and oxygen atoms in total. The molecule has 1 unspecified atom stereocenters. The molecule has 1 aromatic carbocycles. The lowest BCUT2D eigenvalue weighted by Crippen LogP contribution is -2.43. The Kier molecular flexibility index (Phi) is 4.16. The van der Waals surface area contributed by atoms with Crippen LogP contribution in [0.25, 0.3) is 0 Å². The Balaban J connectivity index is 1.70. The third-order valence-electron chi connectivity index (χ3n) is 4.57. The zero-order chi connectivity index (χ0) is 13.9. The molecule has 1 atom stereocenters. The van der Waals surface area contributed by atoms with Crippen LogP contribution in [0.5, 0.6) is 5.75 Å². The summed E-state index contributed by atoms with van der Waals surface area (Å²) in [7, 11) is 0. The monoisotopic (exact) mass is 274 g/mol. The van der Waals surface area contributed by atoms with Crippen LogP contribution in [0.1, 0.15) is 44.1 Å². The van der Waals surface area contributed by atoms with Gasteiger partial charge in [-0.3, -0.25) is 0 Å². The predicted octanol–water partition coefficient (Wildman–Crippen LogP) is 3.24. The lowest BCUT2D eigenvalue weighted by atomic mass is 10.0. The summed E-state index contributed by atoms with van der Waals surface area (Å²) >= 11 is 0. The van der Waals surface area contributed by atoms with E-state index >= 15 is 0 Å². The molecular formula is C17H26N2O. The van der Waals surface area contributed by atoms with Gasteiger partial charge in [-0.15, -0.1) is 0 Å². The van der Waals surface area contributed by atoms with Crippen molar-refractivity contribution in [2.75, 3.05) is 18.0 Å². The molecule has 1 saturated carbocycles. The highest BCUT2D eigenvalue weighted by atomic mass is 16.5. The summed E-state index contributed by atoms with van der Waals surface area (Å²) in [5, 5.41) is 0. The van der Waals surface area contributed by atoms with Crippen molar-refractivity contribution in [3.05, 3.63) is 23.8 Å². The molecule has 1 saturated heterocycles. The molecule has 2 aliphatic rings. The van der Waals surface area contributed by atoms with Crippen molar-refractivity contribution in [1.29, 1.82) is 0 Å². The smallest absolute Gasteiger partial charge is 0.120 e. The third kappa shape index (κ3) is 3.09. The van der Waals surface area contributed by atoms with Crippen LogP contribution in [-0.2, 0) is 0 Å². The first-order chi connectivity index (χ1) is 9.72. The maximum absolute atomic E-state index is 6.08. The van der Waals surface area contributed by atoms with Crippen molar-refractivity contribution in [2.24, 2.45) is 5.73 Å². The summed E-state index contributed by atoms with van der Waals surface area (Å²) < 4.78 is 6.08. The highest BCUT2D eigenvalue weighted by Gasteiger charge is 2.20. The van der Waals surface area contributed by atoms with E-state index in [9.17, 15) is 0 Å². The zero-order valence-corrected chi connectivity index (χ0v) is 12.5. The van der Waals surface area contributed by atoms with Gasteiger partial charge in [0.1, 0.15) is 5.75 Å². The van der Waals surface area contributed by atoms with Crippen LogP contribution >= 0.6 is 0 Å². The average molecular weight is 274 g/mol. The van der Waals surface area contributed by atoms with E-state index in [2.05, 4.69) is 30.0 Å². The van der Waals surface area contributed by atoms with E-state index in [-0.39, 0.29) is 0 Å². The number of ether oxygens (including phenoxy) is 1. The van der Waals surface area contributed by atoms with Crippen molar-refractivity contribution in [3.8, 4) is 5.75 Å². The molecule has 1 heterocycles. The van der Waals surface area contributed by atoms with Gasteiger partial charge in [-0.1, -0.05) is 0 Å². The second kappa shape index (κ2) is 6.04. The van der Waals surface area contributed by atoms with Crippen LogP contribution < -0.4 is 15.4 Å². The lowest BCUT2D eigenvalue weighted by molar-refractivity contribution is 0.210. The summed E-state index contributed by atoms with van der Waals surface area (Å²) in [6, 6.07) is 6.84. The van der Waals surface area contributed by atoms with Gasteiger partial charge in [-0.2, -0.15) is 0 Å². The number of nitrogens with two attached hydrogens (primary N) is 1. The van der Waals surface area contributed by atoms with Gasteiger partial charge in [0.2, 0.25) is 0 Å². The van der Waals surface area contributed by atoms with Gasteiger partial charge in [-0.05, 0) is 69.2 Å². The molecular weight excluding hydrogens is 248 g/mol. The molecule has 20 heavy (non-hydrogen) atoms. The van der Waals surface area contributed by atoms with Crippen LogP contribution in [0, 0.1) is 6.92 Å². The molecule has 0 spiro atoms. The van der Waals surface area contributed by atoms with E-state index in [0.29, 0.717) is 12.1 Å². The number of nitrogens with zero attached hydrogens (tertiary/aromatic N) is 1. The minimum atomic E-state index is 0.317. The van der Waals surface area contributed by atoms with Gasteiger partial charge in [0.15, 0.2) is 0 Å². The molecule has 2 N–H and O–H groups in total. The molecule has 1 aromatic rings. The Labute approximate surface area is 122 Å². The van der Waals surface area contributed by atoms with Crippen molar-refractivity contribution >= 4 is 5.69 Å². The van der Waals surface area contributed by atoms with Gasteiger partial charge >= 0.3 is 0 Å². The van der Waals surface area contributed by atoms with Gasteiger partial charge < -0.3 is 15.4 Å². The maximum atomic E-state index is 6.08. The topological polar surface area (TPSA) is 38.5 Å². The first-order valence-electron chi connectivity index (χ1n) is 8.00. The maximum Gasteiger partial charge on any atom is 0.120 e. The fourth-order valence-corrected chi connectivity index (χ4v) is 3.48. The van der Waals surface area contributed by atoms with Gasteiger partial charge in [0.05, 0.1) is 6.10 Å². The fourth-order valence-electron chi connectivity index (χ4n) is 3.48. The van der Waals surface area contributed by atoms with Crippen LogP contribution in [-0.4, -0.2) is 25.2 Å². The van der Waals surface area contributed by atoms with Gasteiger partial charge in [0, 0.05) is 24.8 Å². The molecule has 0 amide bonds. The molecule has 3 heteroatoms. The van der Waals surface area contributed by atoms with E-state index in [0.717, 1.165) is 25.3 Å². The molecule has 1 aliphatic carbocycles. The number of aryl methyl sites for hydroxylation is 1. The fraction of sp³-hybridized carbons (Fsp3) is 0.647. The van der Waals surface area contributed by atoms with E-state index in [1.165, 1.54) is 43.4 Å². The quantitative estimate of drug-likeness (QED) is 0.919. The highest BCUT2D eigenvalue weighted by Crippen LogP contribution is 2.29. The largest absolute Gasteiger partial charge is 0.490 e. The zero-order valence-electron chi connectivity index (χ0n) is 12.5. The number of benzene rings is 1. The number of hydrogen-bond acceptors (Lipinski definition) is 3. The molecule has 0 radical (unpaired) electrons. The Morgan fingerprint density at radius 2 is 1.95 bits per heavy atom. The number of anilines is 1. The first kappa shape index (κ1) is 13.7. The molecule has 110 valence electrons. The van der Waals surface area contributed by atoms with Crippen molar-refractivity contribution in [2.45, 2.75) is 57.6 Å². The normalized spacial score (nSPS) is 24.1. The van der Waals surface area contributed by atoms with Crippen molar-refractivity contribution < 1.29 is 4.74 Å². The molecule has 1 aliphatic heterocycles. The summed E-state index contributed by atoms with van der Waals surface area (Å²) in [6.45, 7) is 4.28. The minimum absolute atomic E-state index is 0.317. The van der Waals surface area contributed by atoms with Crippen LogP contribution in [0.2, 0.25) is 0 Å². The van der Waals surface area contributed by atoms with E-state index in [1.807, 2.05) is 0 Å². The summed E-state index contributed by atoms with van der Waals surface area (Å²) in [5.74, 6) is 1.03. The number of rotatable bonds is 3. The number of hydrogen-bond donors (Lipinski definition) is 1. The average Bonchev–Trinajstić information content (AvgIpc) is 2.92. The Hall–Kier alpha value is -1.22. The van der Waals surface area contributed by atoms with Crippen LogP contribution in [0.3, 0.4) is 0 Å². The minimum Gasteiger partial charge on any atom is -0.490 e. The van der Waals surface area contributed by atoms with Crippen LogP contribution in [0.4, 0.5) is 5.69 Å². The van der Waals surface area contributed by atoms with E-state index < -0.39 is 0 Å². The van der Waals surface area contributed by atoms with Crippen molar-refractivity contribution in [3.63, 3.8) is 0 Å². The molecule has 3 rings (SSSR count). The predicted molar refractivity (Wildman–Crippen MR) is 83.5 cm³/mol. The van der Waals surface area contributed by atoms with Gasteiger partial charge in [-0.25, -0.2) is 0 Å². The second-order valence-electron chi connectivity index (χ2n) is 6.32. The molecule has 2 fully saturated rings. The third-order valence-corrected chi connectivity index (χ3v) is 4.57. The summed E-state index contributed by atoms with van der Waals surface area (Å²) in [6.07, 6.45) is 7.83. The Bertz CT molecular complexity index is 454. The lowest BCUT2D eigenvalue weighted by Gasteiger charge is -2.33. The second-order valence-corrected chi connectivity index (χ2v) is 6.32. The van der Waals surface area contributed by atoms with Crippen molar-refractivity contribution in [1.82, 2.24) is 0 Å². The Morgan fingerprint density at radius 1 is 1.15 bits per heavy atom.